The molecule has 0 radical (unpaired) electrons. The molecule has 1 N–H and O–H groups in total. The molecule has 2 aliphatic rings. The fourth-order valence-corrected chi connectivity index (χ4v) is 3.60. The van der Waals surface area contributed by atoms with E-state index in [9.17, 15) is 14.0 Å². The van der Waals surface area contributed by atoms with E-state index in [1.54, 1.807) is 9.80 Å². The maximum atomic E-state index is 14.1. The van der Waals surface area contributed by atoms with Crippen molar-refractivity contribution in [2.45, 2.75) is 6.04 Å². The molecular formula is C16H18ClFN2O4. The number of ether oxygens (including phenoxy) is 1. The van der Waals surface area contributed by atoms with Crippen LogP contribution < -0.4 is 0 Å². The standard InChI is InChI=1S/C16H18ClFN2O4/c17-12-2-1-3-13(18)15(12)16(23)20-5-10-4-19(7-14(21)22)6-11(20)9-24-8-10/h1-3,10-11H,4-9H2,(H,21,22)/t10-,11-/m0/s1. The summed E-state index contributed by atoms with van der Waals surface area (Å²) >= 11 is 6.02. The molecule has 2 saturated heterocycles. The van der Waals surface area contributed by atoms with Crippen LogP contribution >= 0.6 is 11.6 Å². The van der Waals surface area contributed by atoms with Gasteiger partial charge < -0.3 is 14.7 Å². The summed E-state index contributed by atoms with van der Waals surface area (Å²) in [6.07, 6.45) is 0. The van der Waals surface area contributed by atoms with Gasteiger partial charge in [0, 0.05) is 25.6 Å². The fraction of sp³-hybridized carbons (Fsp3) is 0.500. The molecule has 2 atom stereocenters. The van der Waals surface area contributed by atoms with E-state index in [-0.39, 0.29) is 29.1 Å². The zero-order valence-electron chi connectivity index (χ0n) is 13.0. The third kappa shape index (κ3) is 3.53. The summed E-state index contributed by atoms with van der Waals surface area (Å²) in [4.78, 5) is 27.3. The lowest BCUT2D eigenvalue weighted by molar-refractivity contribution is -0.138. The Morgan fingerprint density at radius 1 is 1.29 bits per heavy atom. The second kappa shape index (κ2) is 7.04. The van der Waals surface area contributed by atoms with E-state index < -0.39 is 17.7 Å². The van der Waals surface area contributed by atoms with E-state index >= 15 is 0 Å². The molecule has 0 aliphatic carbocycles. The van der Waals surface area contributed by atoms with Crippen LogP contribution in [0.2, 0.25) is 5.02 Å². The van der Waals surface area contributed by atoms with Crippen molar-refractivity contribution in [1.82, 2.24) is 9.80 Å². The van der Waals surface area contributed by atoms with Crippen LogP contribution in [-0.4, -0.2) is 72.2 Å². The van der Waals surface area contributed by atoms with E-state index in [1.165, 1.54) is 18.2 Å². The normalized spacial score (nSPS) is 24.5. The Morgan fingerprint density at radius 3 is 2.79 bits per heavy atom. The maximum Gasteiger partial charge on any atom is 0.317 e. The lowest BCUT2D eigenvalue weighted by Crippen LogP contribution is -2.47. The van der Waals surface area contributed by atoms with Gasteiger partial charge in [0.05, 0.1) is 36.4 Å². The van der Waals surface area contributed by atoms with Crippen LogP contribution in [0.5, 0.6) is 0 Å². The molecule has 6 nitrogen and oxygen atoms in total. The number of hydrogen-bond donors (Lipinski definition) is 1. The lowest BCUT2D eigenvalue weighted by atomic mass is 10.1. The summed E-state index contributed by atoms with van der Waals surface area (Å²) in [6, 6.07) is 3.80. The first-order valence-electron chi connectivity index (χ1n) is 7.72. The second-order valence-corrected chi connectivity index (χ2v) is 6.61. The molecule has 2 aliphatic heterocycles. The molecule has 130 valence electrons. The highest BCUT2D eigenvalue weighted by Crippen LogP contribution is 2.26. The zero-order valence-corrected chi connectivity index (χ0v) is 13.7. The third-order valence-electron chi connectivity index (χ3n) is 4.34. The quantitative estimate of drug-likeness (QED) is 0.885. The minimum absolute atomic E-state index is 0.0219. The van der Waals surface area contributed by atoms with Crippen LogP contribution in [0.15, 0.2) is 18.2 Å². The van der Waals surface area contributed by atoms with Gasteiger partial charge in [0.1, 0.15) is 5.82 Å². The summed E-state index contributed by atoms with van der Waals surface area (Å²) in [5.41, 5.74) is -0.142. The van der Waals surface area contributed by atoms with Crippen molar-refractivity contribution in [3.05, 3.63) is 34.6 Å². The van der Waals surface area contributed by atoms with Crippen LogP contribution in [0.25, 0.3) is 0 Å². The van der Waals surface area contributed by atoms with E-state index in [0.29, 0.717) is 32.8 Å². The minimum Gasteiger partial charge on any atom is -0.480 e. The van der Waals surface area contributed by atoms with Gasteiger partial charge in [0.15, 0.2) is 0 Å². The number of carbonyl (C=O) groups excluding carboxylic acids is 1. The summed E-state index contributed by atoms with van der Waals surface area (Å²) in [5.74, 6) is -2.07. The minimum atomic E-state index is -0.911. The van der Waals surface area contributed by atoms with Gasteiger partial charge in [-0.25, -0.2) is 4.39 Å². The number of halogens is 2. The molecule has 8 heteroatoms. The van der Waals surface area contributed by atoms with Crippen LogP contribution in [0.4, 0.5) is 4.39 Å². The molecule has 0 unspecified atom stereocenters. The molecule has 1 aromatic rings. The van der Waals surface area contributed by atoms with Gasteiger partial charge in [0.25, 0.3) is 5.91 Å². The summed E-state index contributed by atoms with van der Waals surface area (Å²) in [6.45, 7) is 1.95. The number of carboxylic acids is 1. The van der Waals surface area contributed by atoms with Crippen molar-refractivity contribution in [2.75, 3.05) is 39.4 Å². The van der Waals surface area contributed by atoms with E-state index in [1.807, 2.05) is 0 Å². The number of carboxylic acid groups (broad SMARTS) is 1. The molecule has 0 spiro atoms. The summed E-state index contributed by atoms with van der Waals surface area (Å²) in [5, 5.41) is 9.10. The topological polar surface area (TPSA) is 70.1 Å². The number of benzene rings is 1. The van der Waals surface area contributed by atoms with Gasteiger partial charge in [-0.3, -0.25) is 14.5 Å². The van der Waals surface area contributed by atoms with Gasteiger partial charge in [0.2, 0.25) is 0 Å². The number of fused-ring (bicyclic) bond motifs is 3. The second-order valence-electron chi connectivity index (χ2n) is 6.20. The van der Waals surface area contributed by atoms with Crippen LogP contribution in [0.3, 0.4) is 0 Å². The van der Waals surface area contributed by atoms with Gasteiger partial charge in [-0.1, -0.05) is 17.7 Å². The third-order valence-corrected chi connectivity index (χ3v) is 4.66. The van der Waals surface area contributed by atoms with Crippen molar-refractivity contribution in [3.63, 3.8) is 0 Å². The number of amides is 1. The highest BCUT2D eigenvalue weighted by molar-refractivity contribution is 6.33. The molecule has 1 amide bonds. The number of carbonyl (C=O) groups is 2. The van der Waals surface area contributed by atoms with E-state index in [2.05, 4.69) is 0 Å². The molecule has 2 heterocycles. The van der Waals surface area contributed by atoms with Gasteiger partial charge in [-0.15, -0.1) is 0 Å². The molecular weight excluding hydrogens is 339 g/mol. The first kappa shape index (κ1) is 17.1. The Kier molecular flexibility index (Phi) is 5.03. The Labute approximate surface area is 143 Å². The molecule has 24 heavy (non-hydrogen) atoms. The van der Waals surface area contributed by atoms with Crippen LogP contribution in [-0.2, 0) is 9.53 Å². The van der Waals surface area contributed by atoms with Crippen LogP contribution in [0, 0.1) is 11.7 Å². The summed E-state index contributed by atoms with van der Waals surface area (Å²) in [7, 11) is 0. The molecule has 2 fully saturated rings. The summed E-state index contributed by atoms with van der Waals surface area (Å²) < 4.78 is 19.7. The number of hydrogen-bond acceptors (Lipinski definition) is 4. The first-order valence-corrected chi connectivity index (χ1v) is 8.10. The maximum absolute atomic E-state index is 14.1. The molecule has 0 saturated carbocycles. The molecule has 2 bridgehead atoms. The lowest BCUT2D eigenvalue weighted by Gasteiger charge is -2.30. The van der Waals surface area contributed by atoms with Crippen molar-refractivity contribution in [1.29, 1.82) is 0 Å². The van der Waals surface area contributed by atoms with Gasteiger partial charge in [-0.2, -0.15) is 0 Å². The van der Waals surface area contributed by atoms with E-state index in [4.69, 9.17) is 21.4 Å². The Balaban J connectivity index is 1.88. The largest absolute Gasteiger partial charge is 0.480 e. The SMILES string of the molecule is O=C(O)CN1C[C@@H]2COC[C@H](C1)N(C(=O)c1c(F)cccc1Cl)C2. The average molecular weight is 357 g/mol. The number of rotatable bonds is 3. The molecule has 3 rings (SSSR count). The monoisotopic (exact) mass is 356 g/mol. The number of aliphatic carboxylic acids is 1. The predicted molar refractivity (Wildman–Crippen MR) is 84.6 cm³/mol. The van der Waals surface area contributed by atoms with E-state index in [0.717, 1.165) is 0 Å². The van der Waals surface area contributed by atoms with Crippen LogP contribution in [0.1, 0.15) is 10.4 Å². The van der Waals surface area contributed by atoms with Crippen molar-refractivity contribution < 1.29 is 23.8 Å². The fourth-order valence-electron chi connectivity index (χ4n) is 3.35. The van der Waals surface area contributed by atoms with Crippen molar-refractivity contribution >= 4 is 23.5 Å². The molecule has 1 aromatic carbocycles. The average Bonchev–Trinajstić information content (AvgIpc) is 2.76. The Morgan fingerprint density at radius 2 is 2.08 bits per heavy atom. The zero-order chi connectivity index (χ0) is 17.3. The highest BCUT2D eigenvalue weighted by atomic mass is 35.5. The van der Waals surface area contributed by atoms with Crippen molar-refractivity contribution in [3.8, 4) is 0 Å². The smallest absolute Gasteiger partial charge is 0.317 e. The predicted octanol–water partition coefficient (Wildman–Crippen LogP) is 1.34. The Hall–Kier alpha value is -1.70. The van der Waals surface area contributed by atoms with Crippen molar-refractivity contribution in [2.24, 2.45) is 5.92 Å². The van der Waals surface area contributed by atoms with Gasteiger partial charge in [-0.05, 0) is 12.1 Å². The number of nitrogens with zero attached hydrogens (tertiary/aromatic N) is 2. The first-order chi connectivity index (χ1) is 11.5. The Bertz CT molecular complexity index is 637. The highest BCUT2D eigenvalue weighted by Gasteiger charge is 2.37. The molecule has 0 aromatic heterocycles. The van der Waals surface area contributed by atoms with Gasteiger partial charge >= 0.3 is 5.97 Å².